The molecule has 2 N–H and O–H groups in total. The Morgan fingerprint density at radius 1 is 1.32 bits per heavy atom. The van der Waals surface area contributed by atoms with Crippen LogP contribution < -0.4 is 15.4 Å². The highest BCUT2D eigenvalue weighted by atomic mass is 16.5. The summed E-state index contributed by atoms with van der Waals surface area (Å²) in [5, 5.41) is 5.62. The van der Waals surface area contributed by atoms with Crippen LogP contribution in [0, 0.1) is 5.92 Å². The molecule has 2 amide bonds. The number of ether oxygens (including phenoxy) is 1. The summed E-state index contributed by atoms with van der Waals surface area (Å²) in [6.45, 7) is 3.19. The molecular weight excluding hydrogens is 322 g/mol. The van der Waals surface area contributed by atoms with Crippen LogP contribution in [0.4, 0.5) is 5.69 Å². The maximum absolute atomic E-state index is 12.8. The van der Waals surface area contributed by atoms with Gasteiger partial charge >= 0.3 is 0 Å². The van der Waals surface area contributed by atoms with Gasteiger partial charge in [0.05, 0.1) is 12.2 Å². The van der Waals surface area contributed by atoms with Gasteiger partial charge in [0, 0.05) is 24.6 Å². The summed E-state index contributed by atoms with van der Waals surface area (Å²) in [5.41, 5.74) is 1.10. The first-order valence-corrected chi connectivity index (χ1v) is 8.57. The predicted octanol–water partition coefficient (Wildman–Crippen LogP) is 1.05. The summed E-state index contributed by atoms with van der Waals surface area (Å²) in [6.07, 6.45) is 0.782. The number of nitrogens with one attached hydrogen (secondary N) is 2. The number of fused-ring (bicyclic) bond motifs is 1. The van der Waals surface area contributed by atoms with Gasteiger partial charge < -0.3 is 20.3 Å². The van der Waals surface area contributed by atoms with E-state index in [1.807, 2.05) is 0 Å². The van der Waals surface area contributed by atoms with Crippen LogP contribution in [0.2, 0.25) is 0 Å². The fraction of sp³-hybridized carbons (Fsp3) is 0.500. The van der Waals surface area contributed by atoms with Crippen molar-refractivity contribution in [1.29, 1.82) is 0 Å². The summed E-state index contributed by atoms with van der Waals surface area (Å²) in [5.74, 6) is 0.382. The molecule has 1 aromatic carbocycles. The van der Waals surface area contributed by atoms with Crippen LogP contribution in [0.25, 0.3) is 0 Å². The fourth-order valence-electron chi connectivity index (χ4n) is 3.25. The first-order chi connectivity index (χ1) is 12.0. The van der Waals surface area contributed by atoms with Crippen molar-refractivity contribution in [3.05, 3.63) is 23.8 Å². The maximum atomic E-state index is 12.8. The van der Waals surface area contributed by atoms with Crippen molar-refractivity contribution in [2.45, 2.75) is 25.9 Å². The summed E-state index contributed by atoms with van der Waals surface area (Å²) < 4.78 is 5.51. The zero-order chi connectivity index (χ0) is 18.0. The third-order valence-corrected chi connectivity index (χ3v) is 4.74. The van der Waals surface area contributed by atoms with Gasteiger partial charge in [0.1, 0.15) is 5.75 Å². The Morgan fingerprint density at radius 2 is 2.04 bits per heavy atom. The van der Waals surface area contributed by atoms with Gasteiger partial charge in [-0.15, -0.1) is 0 Å². The predicted molar refractivity (Wildman–Crippen MR) is 92.7 cm³/mol. The molecule has 0 aliphatic carbocycles. The molecule has 0 saturated carbocycles. The number of rotatable bonds is 4. The van der Waals surface area contributed by atoms with Crippen LogP contribution >= 0.6 is 0 Å². The lowest BCUT2D eigenvalue weighted by Crippen LogP contribution is -2.43. The van der Waals surface area contributed by atoms with E-state index in [1.165, 1.54) is 0 Å². The molecular formula is C18H23N3O4. The van der Waals surface area contributed by atoms with Crippen molar-refractivity contribution in [3.63, 3.8) is 0 Å². The van der Waals surface area contributed by atoms with Gasteiger partial charge in [-0.2, -0.15) is 0 Å². The molecule has 7 heteroatoms. The second kappa shape index (κ2) is 7.23. The number of hydrogen-bond acceptors (Lipinski definition) is 5. The number of benzene rings is 1. The van der Waals surface area contributed by atoms with Gasteiger partial charge in [0.25, 0.3) is 5.91 Å². The van der Waals surface area contributed by atoms with Crippen LogP contribution in [0.3, 0.4) is 0 Å². The number of amides is 2. The molecule has 2 heterocycles. The third-order valence-electron chi connectivity index (χ3n) is 4.74. The number of ketones is 1. The van der Waals surface area contributed by atoms with Crippen molar-refractivity contribution in [1.82, 2.24) is 10.2 Å². The van der Waals surface area contributed by atoms with Gasteiger partial charge in [-0.05, 0) is 45.0 Å². The third kappa shape index (κ3) is 3.66. The molecule has 0 bridgehead atoms. The molecule has 1 fully saturated rings. The van der Waals surface area contributed by atoms with Crippen molar-refractivity contribution in [2.24, 2.45) is 5.92 Å². The Labute approximate surface area is 146 Å². The van der Waals surface area contributed by atoms with Gasteiger partial charge in [-0.25, -0.2) is 0 Å². The van der Waals surface area contributed by atoms with E-state index in [2.05, 4.69) is 10.6 Å². The molecule has 134 valence electrons. The average Bonchev–Trinajstić information content (AvgIpc) is 2.62. The molecule has 0 spiro atoms. The van der Waals surface area contributed by atoms with E-state index in [1.54, 1.807) is 37.1 Å². The maximum Gasteiger partial charge on any atom is 0.265 e. The molecule has 3 rings (SSSR count). The molecule has 2 aliphatic rings. The number of piperidine rings is 1. The number of carbonyl (C=O) groups excluding carboxylic acids is 3. The molecule has 0 radical (unpaired) electrons. The standard InChI is InChI=1S/C18H23N3O4/c1-11-18(24)20-14-9-13(3-4-15(14)25-11)17(23)12-5-7-21(8-6-12)16(22)10-19-2/h3-4,9,11-12,19H,5-8,10H2,1-2H3,(H,20,24). The lowest BCUT2D eigenvalue weighted by Gasteiger charge is -2.31. The van der Waals surface area contributed by atoms with Crippen molar-refractivity contribution in [3.8, 4) is 5.75 Å². The van der Waals surface area contributed by atoms with Crippen molar-refractivity contribution >= 4 is 23.3 Å². The lowest BCUT2D eigenvalue weighted by atomic mass is 9.88. The summed E-state index contributed by atoms with van der Waals surface area (Å²) >= 11 is 0. The van der Waals surface area contributed by atoms with E-state index >= 15 is 0 Å². The van der Waals surface area contributed by atoms with E-state index in [0.29, 0.717) is 49.5 Å². The summed E-state index contributed by atoms with van der Waals surface area (Å²) in [6, 6.07) is 5.15. The van der Waals surface area contributed by atoms with Crippen molar-refractivity contribution < 1.29 is 19.1 Å². The number of hydrogen-bond donors (Lipinski definition) is 2. The fourth-order valence-corrected chi connectivity index (χ4v) is 3.25. The zero-order valence-corrected chi connectivity index (χ0v) is 14.5. The Balaban J connectivity index is 1.66. The molecule has 0 aromatic heterocycles. The monoisotopic (exact) mass is 345 g/mol. The first kappa shape index (κ1) is 17.4. The topological polar surface area (TPSA) is 87.7 Å². The highest BCUT2D eigenvalue weighted by Crippen LogP contribution is 2.32. The van der Waals surface area contributed by atoms with Gasteiger partial charge in [-0.1, -0.05) is 0 Å². The number of likely N-dealkylation sites (tertiary alicyclic amines) is 1. The first-order valence-electron chi connectivity index (χ1n) is 8.57. The Morgan fingerprint density at radius 3 is 2.72 bits per heavy atom. The molecule has 2 aliphatic heterocycles. The quantitative estimate of drug-likeness (QED) is 0.797. The number of carbonyl (C=O) groups is 3. The summed E-state index contributed by atoms with van der Waals surface area (Å²) in [7, 11) is 1.74. The number of anilines is 1. The van der Waals surface area contributed by atoms with E-state index in [9.17, 15) is 14.4 Å². The SMILES string of the molecule is CNCC(=O)N1CCC(C(=O)c2ccc3c(c2)NC(=O)C(C)O3)CC1. The number of likely N-dealkylation sites (N-methyl/N-ethyl adjacent to an activating group) is 1. The van der Waals surface area contributed by atoms with Gasteiger partial charge in [-0.3, -0.25) is 14.4 Å². The van der Waals surface area contributed by atoms with Crippen LogP contribution in [-0.2, 0) is 9.59 Å². The van der Waals surface area contributed by atoms with Crippen molar-refractivity contribution in [2.75, 3.05) is 32.0 Å². The minimum absolute atomic E-state index is 0.0522. The van der Waals surface area contributed by atoms with E-state index < -0.39 is 6.10 Å². The minimum Gasteiger partial charge on any atom is -0.479 e. The largest absolute Gasteiger partial charge is 0.479 e. The Bertz CT molecular complexity index is 696. The van der Waals surface area contributed by atoms with Crippen LogP contribution in [0.1, 0.15) is 30.1 Å². The highest BCUT2D eigenvalue weighted by Gasteiger charge is 2.29. The van der Waals surface area contributed by atoms with Crippen LogP contribution in [0.15, 0.2) is 18.2 Å². The summed E-state index contributed by atoms with van der Waals surface area (Å²) in [4.78, 5) is 38.2. The molecule has 1 saturated heterocycles. The van der Waals surface area contributed by atoms with Gasteiger partial charge in [0.15, 0.2) is 11.9 Å². The van der Waals surface area contributed by atoms with Crippen LogP contribution in [0.5, 0.6) is 5.75 Å². The number of Topliss-reactive ketones (excluding diaryl/α,β-unsaturated/α-hetero) is 1. The molecule has 25 heavy (non-hydrogen) atoms. The highest BCUT2D eigenvalue weighted by molar-refractivity contribution is 6.02. The van der Waals surface area contributed by atoms with E-state index in [-0.39, 0.29) is 23.5 Å². The normalized spacial score (nSPS) is 20.5. The molecule has 7 nitrogen and oxygen atoms in total. The van der Waals surface area contributed by atoms with Crippen LogP contribution in [-0.4, -0.2) is 55.3 Å². The molecule has 1 aromatic rings. The average molecular weight is 345 g/mol. The Kier molecular flexibility index (Phi) is 5.03. The molecule has 1 unspecified atom stereocenters. The second-order valence-electron chi connectivity index (χ2n) is 6.51. The minimum atomic E-state index is -0.534. The second-order valence-corrected chi connectivity index (χ2v) is 6.51. The van der Waals surface area contributed by atoms with E-state index in [0.717, 1.165) is 0 Å². The number of nitrogens with zero attached hydrogens (tertiary/aromatic N) is 1. The van der Waals surface area contributed by atoms with Gasteiger partial charge in [0.2, 0.25) is 5.91 Å². The Hall–Kier alpha value is -2.41. The lowest BCUT2D eigenvalue weighted by molar-refractivity contribution is -0.131. The zero-order valence-electron chi connectivity index (χ0n) is 14.5. The molecule has 1 atom stereocenters. The smallest absolute Gasteiger partial charge is 0.265 e. The van der Waals surface area contributed by atoms with E-state index in [4.69, 9.17) is 4.74 Å².